The van der Waals surface area contributed by atoms with Crippen LogP contribution >= 0.6 is 11.6 Å². The maximum absolute atomic E-state index is 6.15. The lowest BCUT2D eigenvalue weighted by atomic mass is 10.2. The summed E-state index contributed by atoms with van der Waals surface area (Å²) in [5.74, 6) is 1.06. The molecule has 0 bridgehead atoms. The molecule has 0 unspecified atom stereocenters. The highest BCUT2D eigenvalue weighted by Crippen LogP contribution is 2.12. The van der Waals surface area contributed by atoms with E-state index in [2.05, 4.69) is 44.3 Å². The fourth-order valence-corrected chi connectivity index (χ4v) is 2.96. The van der Waals surface area contributed by atoms with E-state index in [4.69, 9.17) is 11.6 Å². The second-order valence-corrected chi connectivity index (χ2v) is 7.27. The van der Waals surface area contributed by atoms with Crippen LogP contribution in [0, 0.1) is 0 Å². The average molecular weight is 445 g/mol. The molecule has 1 heterocycles. The van der Waals surface area contributed by atoms with Crippen LogP contribution in [0.15, 0.2) is 71.1 Å². The van der Waals surface area contributed by atoms with Gasteiger partial charge in [0.05, 0.1) is 12.4 Å². The van der Waals surface area contributed by atoms with Crippen molar-refractivity contribution >= 4 is 35.4 Å². The van der Waals surface area contributed by atoms with Gasteiger partial charge in [-0.15, -0.1) is 21.0 Å². The number of anilines is 2. The highest BCUT2D eigenvalue weighted by Gasteiger charge is 2.15. The van der Waals surface area contributed by atoms with Gasteiger partial charge in [0, 0.05) is 39.6 Å². The van der Waals surface area contributed by atoms with Crippen molar-refractivity contribution in [2.45, 2.75) is 5.88 Å². The van der Waals surface area contributed by atoms with E-state index in [9.17, 15) is 0 Å². The molecule has 0 spiro atoms. The van der Waals surface area contributed by atoms with Gasteiger partial charge in [0.2, 0.25) is 0 Å². The molecule has 0 saturated carbocycles. The molecule has 0 saturated heterocycles. The molecule has 0 fully saturated rings. The first-order valence-corrected chi connectivity index (χ1v) is 9.82. The Labute approximate surface area is 189 Å². The summed E-state index contributed by atoms with van der Waals surface area (Å²) in [7, 11) is 8.08. The van der Waals surface area contributed by atoms with Crippen molar-refractivity contribution in [3.05, 3.63) is 77.9 Å². The molecule has 8 heteroatoms. The third-order valence-corrected chi connectivity index (χ3v) is 4.72. The molecular weight excluding hydrogens is 419 g/mol. The fourth-order valence-electron chi connectivity index (χ4n) is 2.71. The van der Waals surface area contributed by atoms with Crippen LogP contribution in [0.2, 0.25) is 0 Å². The smallest absolute Gasteiger partial charge is 0.322 e. The molecule has 158 valence electrons. The van der Waals surface area contributed by atoms with Crippen LogP contribution in [0.25, 0.3) is 0 Å². The van der Waals surface area contributed by atoms with E-state index < -0.39 is 0 Å². The zero-order valence-electron chi connectivity index (χ0n) is 17.6. The Kier molecular flexibility index (Phi) is 8.45. The van der Waals surface area contributed by atoms with Crippen LogP contribution in [-0.2, 0) is 5.88 Å². The normalized spacial score (nSPS) is 11.1. The summed E-state index contributed by atoms with van der Waals surface area (Å²) in [6, 6.07) is 16.4. The van der Waals surface area contributed by atoms with E-state index in [0.717, 1.165) is 28.3 Å². The molecule has 30 heavy (non-hydrogen) atoms. The topological polar surface area (TPSA) is 40.0 Å². The van der Waals surface area contributed by atoms with Crippen LogP contribution in [0.4, 0.5) is 11.4 Å². The van der Waals surface area contributed by atoms with Gasteiger partial charge in [-0.3, -0.25) is 0 Å². The monoisotopic (exact) mass is 444 g/mol. The van der Waals surface area contributed by atoms with E-state index in [0.29, 0.717) is 5.88 Å². The first kappa shape index (κ1) is 23.4. The summed E-state index contributed by atoms with van der Waals surface area (Å²) in [6.45, 7) is 0. The van der Waals surface area contributed by atoms with Crippen molar-refractivity contribution in [1.82, 2.24) is 4.68 Å². The summed E-state index contributed by atoms with van der Waals surface area (Å²) in [5.41, 5.74) is 4.33. The molecule has 0 aliphatic heterocycles. The van der Waals surface area contributed by atoms with Crippen molar-refractivity contribution < 1.29 is 17.1 Å². The molecular formula is C22H26Cl2N6. The molecule has 6 nitrogen and oxygen atoms in total. The van der Waals surface area contributed by atoms with Gasteiger partial charge >= 0.3 is 5.82 Å². The predicted octanol–water partition coefficient (Wildman–Crippen LogP) is 0.415. The molecule has 1 aromatic heterocycles. The number of nitrogens with zero attached hydrogens (tertiary/aromatic N) is 6. The van der Waals surface area contributed by atoms with Crippen molar-refractivity contribution in [3.63, 3.8) is 0 Å². The Bertz CT molecular complexity index is 910. The van der Waals surface area contributed by atoms with Crippen molar-refractivity contribution in [3.8, 4) is 0 Å². The van der Waals surface area contributed by atoms with Gasteiger partial charge in [0.25, 0.3) is 0 Å². The minimum Gasteiger partial charge on any atom is -1.00 e. The molecule has 0 N–H and O–H groups in total. The SMILES string of the molecule is CN(C)c1ccc(C=Nn2cc[n+](N=Cc3ccc(N(C)C)cc3)c2CCl)cc1.[Cl-]. The van der Waals surface area contributed by atoms with Gasteiger partial charge in [-0.25, -0.2) is 0 Å². The third-order valence-electron chi connectivity index (χ3n) is 4.48. The minimum atomic E-state index is 0. The Morgan fingerprint density at radius 3 is 1.83 bits per heavy atom. The number of imidazole rings is 1. The summed E-state index contributed by atoms with van der Waals surface area (Å²) < 4.78 is 3.47. The third kappa shape index (κ3) is 5.84. The molecule has 0 radical (unpaired) electrons. The van der Waals surface area contributed by atoms with Crippen molar-refractivity contribution in [2.24, 2.45) is 10.2 Å². The van der Waals surface area contributed by atoms with E-state index in [1.807, 2.05) is 77.3 Å². The standard InChI is InChI=1S/C22H26ClN6.ClH/c1-26(2)20-9-5-18(6-10-20)16-24-28-13-14-29(22(28)15-23)25-17-19-7-11-21(12-8-19)27(3)4;/h5-14,16-17H,15H2,1-4H3;1H/q+1;/p-1. The molecule has 0 amide bonds. The summed E-state index contributed by atoms with van der Waals surface area (Å²) >= 11 is 6.15. The van der Waals surface area contributed by atoms with Crippen LogP contribution in [0.1, 0.15) is 17.0 Å². The zero-order valence-corrected chi connectivity index (χ0v) is 19.1. The predicted molar refractivity (Wildman–Crippen MR) is 122 cm³/mol. The highest BCUT2D eigenvalue weighted by atomic mass is 35.5. The Balaban J connectivity index is 0.00000320. The van der Waals surface area contributed by atoms with Crippen LogP contribution in [0.5, 0.6) is 0 Å². The minimum absolute atomic E-state index is 0. The van der Waals surface area contributed by atoms with Gasteiger partial charge < -0.3 is 22.2 Å². The second-order valence-electron chi connectivity index (χ2n) is 7.00. The number of halogens is 2. The Hall–Kier alpha value is -2.83. The second kappa shape index (κ2) is 10.8. The van der Waals surface area contributed by atoms with Gasteiger partial charge in [-0.05, 0) is 35.4 Å². The van der Waals surface area contributed by atoms with Crippen molar-refractivity contribution in [1.29, 1.82) is 0 Å². The number of hydrogen-bond donors (Lipinski definition) is 0. The quantitative estimate of drug-likeness (QED) is 0.301. The number of aromatic nitrogens is 2. The molecule has 0 atom stereocenters. The van der Waals surface area contributed by atoms with E-state index in [1.54, 1.807) is 9.35 Å². The van der Waals surface area contributed by atoms with Gasteiger partial charge in [-0.1, -0.05) is 34.5 Å². The maximum atomic E-state index is 6.15. The average Bonchev–Trinajstić information content (AvgIpc) is 3.13. The Morgan fingerprint density at radius 1 is 0.867 bits per heavy atom. The first-order valence-electron chi connectivity index (χ1n) is 9.29. The van der Waals surface area contributed by atoms with E-state index in [-0.39, 0.29) is 12.4 Å². The lowest BCUT2D eigenvalue weighted by Gasteiger charge is -2.11. The first-order chi connectivity index (χ1) is 14.0. The lowest BCUT2D eigenvalue weighted by molar-refractivity contribution is -0.684. The molecule has 3 rings (SSSR count). The molecule has 2 aromatic carbocycles. The molecule has 3 aromatic rings. The fraction of sp³-hybridized carbons (Fsp3) is 0.227. The van der Waals surface area contributed by atoms with Crippen LogP contribution < -0.4 is 26.9 Å². The summed E-state index contributed by atoms with van der Waals surface area (Å²) in [4.78, 5) is 4.13. The Morgan fingerprint density at radius 2 is 1.37 bits per heavy atom. The van der Waals surface area contributed by atoms with E-state index in [1.165, 1.54) is 0 Å². The summed E-state index contributed by atoms with van der Waals surface area (Å²) in [6.07, 6.45) is 7.30. The number of benzene rings is 2. The number of rotatable bonds is 7. The van der Waals surface area contributed by atoms with Gasteiger partial charge in [0.15, 0.2) is 12.4 Å². The largest absolute Gasteiger partial charge is 1.00 e. The van der Waals surface area contributed by atoms with Gasteiger partial charge in [-0.2, -0.15) is 0 Å². The maximum Gasteiger partial charge on any atom is 0.322 e. The zero-order chi connectivity index (χ0) is 20.8. The summed E-state index contributed by atoms with van der Waals surface area (Å²) in [5, 5.41) is 9.04. The highest BCUT2D eigenvalue weighted by molar-refractivity contribution is 6.16. The number of hydrogen-bond acceptors (Lipinski definition) is 4. The van der Waals surface area contributed by atoms with Crippen molar-refractivity contribution in [2.75, 3.05) is 38.0 Å². The molecule has 0 aliphatic rings. The van der Waals surface area contributed by atoms with E-state index >= 15 is 0 Å². The van der Waals surface area contributed by atoms with Gasteiger partial charge in [0.1, 0.15) is 5.88 Å². The lowest BCUT2D eigenvalue weighted by Crippen LogP contribution is -3.00. The van der Waals surface area contributed by atoms with Crippen LogP contribution in [-0.4, -0.2) is 45.3 Å². The van der Waals surface area contributed by atoms with Crippen LogP contribution in [0.3, 0.4) is 0 Å². The number of alkyl halides is 1. The molecule has 0 aliphatic carbocycles.